The summed E-state index contributed by atoms with van der Waals surface area (Å²) < 4.78 is 0. The maximum atomic E-state index is 5.89. The number of hydrogen-bond donors (Lipinski definition) is 2. The summed E-state index contributed by atoms with van der Waals surface area (Å²) in [5.74, 6) is 0.730. The lowest BCUT2D eigenvalue weighted by Gasteiger charge is -2.32. The van der Waals surface area contributed by atoms with Crippen molar-refractivity contribution < 1.29 is 0 Å². The topological polar surface area (TPSA) is 38.0 Å². The highest BCUT2D eigenvalue weighted by Crippen LogP contribution is 2.25. The summed E-state index contributed by atoms with van der Waals surface area (Å²) in [6.45, 7) is 10.4. The van der Waals surface area contributed by atoms with E-state index in [1.54, 1.807) is 0 Å². The quantitative estimate of drug-likeness (QED) is 0.754. The normalized spacial score (nSPS) is 30.2. The van der Waals surface area contributed by atoms with E-state index in [1.807, 2.05) is 0 Å². The first-order chi connectivity index (χ1) is 6.89. The Morgan fingerprint density at radius 1 is 1.20 bits per heavy atom. The summed E-state index contributed by atoms with van der Waals surface area (Å²) in [7, 11) is 0. The first kappa shape index (κ1) is 13.0. The lowest BCUT2D eigenvalue weighted by Crippen LogP contribution is -2.40. The zero-order valence-corrected chi connectivity index (χ0v) is 10.8. The third-order valence-corrected chi connectivity index (χ3v) is 3.96. The first-order valence-electron chi connectivity index (χ1n) is 6.38. The van der Waals surface area contributed by atoms with Crippen LogP contribution in [-0.2, 0) is 0 Å². The van der Waals surface area contributed by atoms with Gasteiger partial charge >= 0.3 is 0 Å². The van der Waals surface area contributed by atoms with Crippen molar-refractivity contribution in [1.82, 2.24) is 5.32 Å². The lowest BCUT2D eigenvalue weighted by atomic mass is 9.81. The molecule has 90 valence electrons. The van der Waals surface area contributed by atoms with Crippen LogP contribution in [0.2, 0.25) is 0 Å². The van der Waals surface area contributed by atoms with Crippen molar-refractivity contribution in [3.63, 3.8) is 0 Å². The van der Waals surface area contributed by atoms with Crippen LogP contribution in [0.3, 0.4) is 0 Å². The molecule has 0 bridgehead atoms. The molecule has 1 aliphatic rings. The molecule has 1 atom stereocenters. The van der Waals surface area contributed by atoms with Gasteiger partial charge in [0, 0.05) is 12.1 Å². The molecule has 0 saturated heterocycles. The molecule has 2 heteroatoms. The smallest absolute Gasteiger partial charge is 0.00683 e. The Morgan fingerprint density at radius 2 is 1.73 bits per heavy atom. The predicted molar refractivity (Wildman–Crippen MR) is 66.9 cm³/mol. The fraction of sp³-hybridized carbons (Fsp3) is 1.00. The minimum atomic E-state index is 0.415. The Kier molecular flexibility index (Phi) is 4.60. The summed E-state index contributed by atoms with van der Waals surface area (Å²) in [6, 6.07) is 1.18. The minimum absolute atomic E-state index is 0.415. The van der Waals surface area contributed by atoms with E-state index in [2.05, 4.69) is 33.0 Å². The largest absolute Gasteiger partial charge is 0.328 e. The van der Waals surface area contributed by atoms with Crippen LogP contribution in [0.1, 0.15) is 53.4 Å². The molecular weight excluding hydrogens is 184 g/mol. The molecule has 0 aromatic carbocycles. The summed E-state index contributed by atoms with van der Waals surface area (Å²) in [4.78, 5) is 0. The number of nitrogens with one attached hydrogen (secondary N) is 1. The molecule has 0 aromatic rings. The van der Waals surface area contributed by atoms with E-state index < -0.39 is 0 Å². The van der Waals surface area contributed by atoms with E-state index in [4.69, 9.17) is 5.73 Å². The average molecular weight is 212 g/mol. The Bertz CT molecular complexity index is 175. The van der Waals surface area contributed by atoms with Crippen LogP contribution in [0.5, 0.6) is 0 Å². The van der Waals surface area contributed by atoms with Gasteiger partial charge in [0.2, 0.25) is 0 Å². The van der Waals surface area contributed by atoms with Crippen molar-refractivity contribution in [1.29, 1.82) is 0 Å². The van der Waals surface area contributed by atoms with E-state index in [0.717, 1.165) is 18.5 Å². The number of nitrogens with two attached hydrogens (primary N) is 1. The third kappa shape index (κ3) is 4.52. The summed E-state index contributed by atoms with van der Waals surface area (Å²) in [5, 5.41) is 3.69. The minimum Gasteiger partial charge on any atom is -0.328 e. The standard InChI is InChI=1S/C13H28N2/c1-10(13(2,3)4)9-15-12-7-5-11(14)6-8-12/h10-12,15H,5-9,14H2,1-4H3. The Hall–Kier alpha value is -0.0800. The number of rotatable bonds is 3. The predicted octanol–water partition coefficient (Wildman–Crippen LogP) is 2.53. The fourth-order valence-corrected chi connectivity index (χ4v) is 1.97. The van der Waals surface area contributed by atoms with Crippen LogP contribution < -0.4 is 11.1 Å². The van der Waals surface area contributed by atoms with E-state index >= 15 is 0 Å². The van der Waals surface area contributed by atoms with Crippen LogP contribution in [0, 0.1) is 11.3 Å². The lowest BCUT2D eigenvalue weighted by molar-refractivity contribution is 0.232. The summed E-state index contributed by atoms with van der Waals surface area (Å²) in [5.41, 5.74) is 6.31. The molecule has 15 heavy (non-hydrogen) atoms. The molecule has 0 spiro atoms. The van der Waals surface area contributed by atoms with Gasteiger partial charge in [0.15, 0.2) is 0 Å². The highest BCUT2D eigenvalue weighted by molar-refractivity contribution is 4.80. The van der Waals surface area contributed by atoms with Gasteiger partial charge in [-0.25, -0.2) is 0 Å². The van der Waals surface area contributed by atoms with Crippen LogP contribution in [0.15, 0.2) is 0 Å². The fourth-order valence-electron chi connectivity index (χ4n) is 1.97. The first-order valence-corrected chi connectivity index (χ1v) is 6.38. The molecule has 0 heterocycles. The molecule has 0 aromatic heterocycles. The van der Waals surface area contributed by atoms with Gasteiger partial charge in [-0.05, 0) is 43.6 Å². The number of hydrogen-bond acceptors (Lipinski definition) is 2. The van der Waals surface area contributed by atoms with Gasteiger partial charge in [0.05, 0.1) is 0 Å². The molecule has 1 fully saturated rings. The summed E-state index contributed by atoms with van der Waals surface area (Å²) >= 11 is 0. The highest BCUT2D eigenvalue weighted by Gasteiger charge is 2.22. The van der Waals surface area contributed by atoms with Gasteiger partial charge in [0.25, 0.3) is 0 Å². The van der Waals surface area contributed by atoms with Crippen molar-refractivity contribution in [2.75, 3.05) is 6.54 Å². The van der Waals surface area contributed by atoms with Gasteiger partial charge in [-0.1, -0.05) is 27.7 Å². The van der Waals surface area contributed by atoms with Crippen LogP contribution in [0.4, 0.5) is 0 Å². The molecule has 1 aliphatic carbocycles. The van der Waals surface area contributed by atoms with Crippen molar-refractivity contribution in [2.24, 2.45) is 17.1 Å². The molecule has 0 amide bonds. The van der Waals surface area contributed by atoms with Crippen molar-refractivity contribution in [3.8, 4) is 0 Å². The Balaban J connectivity index is 2.20. The second kappa shape index (κ2) is 5.31. The van der Waals surface area contributed by atoms with Gasteiger partial charge in [0.1, 0.15) is 0 Å². The maximum Gasteiger partial charge on any atom is 0.00683 e. The van der Waals surface area contributed by atoms with Gasteiger partial charge in [-0.3, -0.25) is 0 Å². The maximum absolute atomic E-state index is 5.89. The molecular formula is C13H28N2. The SMILES string of the molecule is CC(CNC1CCC(N)CC1)C(C)(C)C. The second-order valence-electron chi connectivity index (χ2n) is 6.29. The van der Waals surface area contributed by atoms with E-state index in [-0.39, 0.29) is 0 Å². The van der Waals surface area contributed by atoms with E-state index in [1.165, 1.54) is 25.7 Å². The second-order valence-corrected chi connectivity index (χ2v) is 6.29. The molecule has 1 unspecified atom stereocenters. The molecule has 1 rings (SSSR count). The average Bonchev–Trinajstić information content (AvgIpc) is 2.15. The zero-order chi connectivity index (χ0) is 11.5. The van der Waals surface area contributed by atoms with Gasteiger partial charge in [-0.15, -0.1) is 0 Å². The summed E-state index contributed by atoms with van der Waals surface area (Å²) in [6.07, 6.45) is 4.92. The highest BCUT2D eigenvalue weighted by atomic mass is 14.9. The van der Waals surface area contributed by atoms with Crippen molar-refractivity contribution in [3.05, 3.63) is 0 Å². The van der Waals surface area contributed by atoms with Crippen molar-refractivity contribution in [2.45, 2.75) is 65.5 Å². The van der Waals surface area contributed by atoms with Crippen molar-refractivity contribution >= 4 is 0 Å². The van der Waals surface area contributed by atoms with E-state index in [0.29, 0.717) is 11.5 Å². The molecule has 0 aliphatic heterocycles. The van der Waals surface area contributed by atoms with Gasteiger partial charge < -0.3 is 11.1 Å². The van der Waals surface area contributed by atoms with Gasteiger partial charge in [-0.2, -0.15) is 0 Å². The molecule has 3 N–H and O–H groups in total. The monoisotopic (exact) mass is 212 g/mol. The zero-order valence-electron chi connectivity index (χ0n) is 10.8. The van der Waals surface area contributed by atoms with Crippen LogP contribution in [0.25, 0.3) is 0 Å². The molecule has 0 radical (unpaired) electrons. The molecule has 2 nitrogen and oxygen atoms in total. The van der Waals surface area contributed by atoms with E-state index in [9.17, 15) is 0 Å². The third-order valence-electron chi connectivity index (χ3n) is 3.96. The molecule has 1 saturated carbocycles. The Morgan fingerprint density at radius 3 is 2.20 bits per heavy atom. The Labute approximate surface area is 95.0 Å². The van der Waals surface area contributed by atoms with Crippen LogP contribution in [-0.4, -0.2) is 18.6 Å². The van der Waals surface area contributed by atoms with Crippen LogP contribution >= 0.6 is 0 Å².